The predicted octanol–water partition coefficient (Wildman–Crippen LogP) is 3.22. The minimum absolute atomic E-state index is 0.0877. The lowest BCUT2D eigenvalue weighted by atomic mass is 9.96. The molecule has 1 N–H and O–H groups in total. The second kappa shape index (κ2) is 10.3. The summed E-state index contributed by atoms with van der Waals surface area (Å²) in [5, 5.41) is 12.3. The summed E-state index contributed by atoms with van der Waals surface area (Å²) in [6.45, 7) is 12.7. The average molecular weight is 393 g/mol. The molecule has 2 aliphatic rings. The third-order valence-electron chi connectivity index (χ3n) is 4.56. The van der Waals surface area contributed by atoms with Crippen molar-refractivity contribution in [2.45, 2.75) is 97.0 Å². The fraction of sp³-hybridized carbons (Fsp3) is 0.944. The number of rotatable bonds is 8. The Bertz CT molecular complexity index is 503. The molecule has 0 aromatic carbocycles. The Kier molecular flexibility index (Phi) is 8.08. The van der Waals surface area contributed by atoms with E-state index >= 15 is 0 Å². The van der Waals surface area contributed by atoms with Gasteiger partial charge >= 0.3 is 0 Å². The highest BCUT2D eigenvalue weighted by Gasteiger charge is 2.63. The number of hydrogen-bond donors (Lipinski definition) is 1. The molecule has 26 heavy (non-hydrogen) atoms. The monoisotopic (exact) mass is 393 g/mol. The van der Waals surface area contributed by atoms with Gasteiger partial charge in [-0.1, -0.05) is 0 Å². The lowest BCUT2D eigenvalue weighted by molar-refractivity contribution is -0.167. The molecule has 0 spiro atoms. The molecule has 6 atom stereocenters. The summed E-state index contributed by atoms with van der Waals surface area (Å²) in [5.41, 5.74) is -0.747. The van der Waals surface area contributed by atoms with E-state index < -0.39 is 14.1 Å². The van der Waals surface area contributed by atoms with Crippen LogP contribution < -0.4 is 0 Å². The van der Waals surface area contributed by atoms with Crippen molar-refractivity contribution >= 4 is 8.53 Å². The smallest absolute Gasteiger partial charge is 0.259 e. The fourth-order valence-corrected chi connectivity index (χ4v) is 5.20. The molecule has 0 aliphatic carbocycles. The number of ether oxygens (including phenoxy) is 2. The first-order chi connectivity index (χ1) is 13.2. The molecule has 2 unspecified atom stereocenters. The van der Waals surface area contributed by atoms with Gasteiger partial charge in [-0.2, -0.15) is 5.26 Å². The molecule has 8 heteroatoms. The van der Waals surface area contributed by atoms with Crippen LogP contribution in [-0.4, -0.2) is 67.0 Å². The molecule has 2 rings (SSSR count). The zero-order valence-electron chi connectivity index (χ0n) is 19.0. The molecular weight excluding hydrogens is 355 g/mol. The third kappa shape index (κ3) is 4.94. The van der Waals surface area contributed by atoms with Gasteiger partial charge in [-0.25, -0.2) is 4.67 Å². The third-order valence-corrected chi connectivity index (χ3v) is 6.68. The van der Waals surface area contributed by atoms with Crippen molar-refractivity contribution in [2.75, 3.05) is 13.7 Å². The van der Waals surface area contributed by atoms with Gasteiger partial charge in [0, 0.05) is 20.6 Å². The number of nitriles is 1. The first-order valence-corrected chi connectivity index (χ1v) is 10.2. The van der Waals surface area contributed by atoms with Crippen molar-refractivity contribution in [1.82, 2.24) is 4.67 Å². The van der Waals surface area contributed by atoms with Crippen LogP contribution in [-0.2, 0) is 18.5 Å². The zero-order chi connectivity index (χ0) is 21.5. The largest absolute Gasteiger partial charge is 0.400 e. The molecule has 2 saturated heterocycles. The number of aliphatic hydroxyl groups is 1. The van der Waals surface area contributed by atoms with Crippen LogP contribution in [0.4, 0.5) is 0 Å². The SMILES string of the molecule is [2H]C[C@@]12O[C@@H](C)[C@@H](OC1C)[C@H]2OP(OCCC#N)N(C(C)C)C(C)C.[3H]OC. The average Bonchev–Trinajstić information content (AvgIpc) is 3.02. The van der Waals surface area contributed by atoms with Gasteiger partial charge in [0.25, 0.3) is 8.53 Å². The van der Waals surface area contributed by atoms with Gasteiger partial charge in [-0.15, -0.1) is 0 Å². The fourth-order valence-electron chi connectivity index (χ4n) is 3.41. The van der Waals surface area contributed by atoms with Gasteiger partial charge in [0.15, 0.2) is 0 Å². The van der Waals surface area contributed by atoms with Crippen LogP contribution in [0.15, 0.2) is 0 Å². The van der Waals surface area contributed by atoms with Gasteiger partial charge in [0.1, 0.15) is 17.8 Å². The maximum atomic E-state index is 8.82. The van der Waals surface area contributed by atoms with Crippen molar-refractivity contribution in [3.63, 3.8) is 0 Å². The summed E-state index contributed by atoms with van der Waals surface area (Å²) in [5.74, 6) is 0. The summed E-state index contributed by atoms with van der Waals surface area (Å²) in [4.78, 5) is 0. The molecule has 0 amide bonds. The summed E-state index contributed by atoms with van der Waals surface area (Å²) in [7, 11) is -0.0840. The van der Waals surface area contributed by atoms with Crippen molar-refractivity contribution in [1.29, 1.82) is 6.69 Å². The standard InChI is InChI=1S/C17H31N2O4P.CH4O/c1-11(2)19(12(3)4)24(20-10-8-9-18)23-16-15-13(5)22-17(16,7)14(6)21-15;1-2/h11-16H,8,10H2,1-7H3;2H,1H3/t13-,14?,15+,16+,17+,24?;/m0./s1/i7D;2T. The van der Waals surface area contributed by atoms with Crippen LogP contribution in [0, 0.1) is 11.3 Å². The van der Waals surface area contributed by atoms with Gasteiger partial charge in [-0.3, -0.25) is 0 Å². The lowest BCUT2D eigenvalue weighted by Gasteiger charge is -2.38. The lowest BCUT2D eigenvalue weighted by Crippen LogP contribution is -2.44. The van der Waals surface area contributed by atoms with Gasteiger partial charge in [0.2, 0.25) is 1.43 Å². The number of hydrogen-bond acceptors (Lipinski definition) is 7. The Morgan fingerprint density at radius 1 is 1.42 bits per heavy atom. The van der Waals surface area contributed by atoms with E-state index in [-0.39, 0.29) is 43.4 Å². The number of nitrogens with zero attached hydrogens (tertiary/aromatic N) is 2. The van der Waals surface area contributed by atoms with E-state index in [1.54, 1.807) is 0 Å². The molecule has 152 valence electrons. The van der Waals surface area contributed by atoms with Crippen LogP contribution in [0.25, 0.3) is 0 Å². The Labute approximate surface area is 162 Å². The highest BCUT2D eigenvalue weighted by Crippen LogP contribution is 2.54. The quantitative estimate of drug-likeness (QED) is 0.501. The molecule has 0 radical (unpaired) electrons. The van der Waals surface area contributed by atoms with E-state index in [9.17, 15) is 0 Å². The summed E-state index contributed by atoms with van der Waals surface area (Å²) in [6.07, 6.45) is -0.481. The summed E-state index contributed by atoms with van der Waals surface area (Å²) < 4.78 is 40.5. The Balaban J connectivity index is 0.00000122. The molecule has 2 heterocycles. The van der Waals surface area contributed by atoms with Crippen molar-refractivity contribution < 1.29 is 25.0 Å². The summed E-state index contributed by atoms with van der Waals surface area (Å²) in [6, 6.07) is 2.57. The van der Waals surface area contributed by atoms with Crippen molar-refractivity contribution in [3.8, 4) is 6.07 Å². The zero-order valence-corrected chi connectivity index (χ0v) is 17.9. The molecule has 2 bridgehead atoms. The van der Waals surface area contributed by atoms with E-state index in [1.807, 2.05) is 13.8 Å². The molecule has 0 aromatic rings. The van der Waals surface area contributed by atoms with Crippen LogP contribution in [0.3, 0.4) is 0 Å². The van der Waals surface area contributed by atoms with Gasteiger partial charge < -0.3 is 23.6 Å². The highest BCUT2D eigenvalue weighted by molar-refractivity contribution is 7.44. The number of aliphatic hydroxyl groups excluding tert-OH is 1. The Morgan fingerprint density at radius 2 is 2.04 bits per heavy atom. The Hall–Kier alpha value is -0.320. The van der Waals surface area contributed by atoms with E-state index in [0.717, 1.165) is 0 Å². The van der Waals surface area contributed by atoms with E-state index in [2.05, 4.69) is 43.5 Å². The van der Waals surface area contributed by atoms with Crippen LogP contribution in [0.5, 0.6) is 0 Å². The normalized spacial score (nSPS) is 35.1. The van der Waals surface area contributed by atoms with E-state index in [0.29, 0.717) is 13.0 Å². The minimum Gasteiger partial charge on any atom is -0.400 e. The van der Waals surface area contributed by atoms with Gasteiger partial charge in [0.05, 0.1) is 31.3 Å². The molecule has 0 saturated carbocycles. The van der Waals surface area contributed by atoms with Crippen LogP contribution >= 0.6 is 8.53 Å². The maximum absolute atomic E-state index is 8.82. The predicted molar refractivity (Wildman–Crippen MR) is 102 cm³/mol. The van der Waals surface area contributed by atoms with Crippen LogP contribution in [0.2, 0.25) is 0 Å². The molecule has 2 aliphatic heterocycles. The molecule has 0 aromatic heterocycles. The van der Waals surface area contributed by atoms with Gasteiger partial charge in [-0.05, 0) is 48.4 Å². The minimum atomic E-state index is -1.38. The van der Waals surface area contributed by atoms with E-state index in [1.165, 1.54) is 7.11 Å². The summed E-state index contributed by atoms with van der Waals surface area (Å²) >= 11 is 0. The van der Waals surface area contributed by atoms with Crippen LogP contribution in [0.1, 0.15) is 56.2 Å². The topological polar surface area (TPSA) is 84.2 Å². The molecule has 7 nitrogen and oxygen atoms in total. The highest BCUT2D eigenvalue weighted by atomic mass is 31.2. The first-order valence-electron chi connectivity index (χ1n) is 10.2. The van der Waals surface area contributed by atoms with Crippen molar-refractivity contribution in [3.05, 3.63) is 0 Å². The Morgan fingerprint density at radius 3 is 2.54 bits per heavy atom. The second-order valence-corrected chi connectivity index (χ2v) is 8.50. The maximum Gasteiger partial charge on any atom is 0.259 e. The van der Waals surface area contributed by atoms with E-state index in [4.69, 9.17) is 26.6 Å². The molecule has 2 fully saturated rings. The second-order valence-electron chi connectivity index (χ2n) is 7.09. The first kappa shape index (κ1) is 20.4. The van der Waals surface area contributed by atoms with Crippen molar-refractivity contribution in [2.24, 2.45) is 0 Å². The number of fused-ring (bicyclic) bond motifs is 2. The molecular formula is C18H35N2O5P.